The molecular weight excluding hydrogens is 480 g/mol. The second kappa shape index (κ2) is 10.6. The van der Waals surface area contributed by atoms with Crippen LogP contribution >= 0.6 is 0 Å². The highest BCUT2D eigenvalue weighted by Crippen LogP contribution is 2.70. The van der Waals surface area contributed by atoms with E-state index in [1.165, 1.54) is 6.07 Å². The molecule has 0 radical (unpaired) electrons. The molecule has 0 aromatic carbocycles. The molecule has 7 heteroatoms. The Labute approximate surface area is 227 Å². The molecule has 0 saturated heterocycles. The molecule has 4 aliphatic rings. The lowest BCUT2D eigenvalue weighted by molar-refractivity contribution is -0.205. The average molecular weight is 529 g/mol. The lowest BCUT2D eigenvalue weighted by Gasteiger charge is -2.63. The molecule has 0 aliphatic heterocycles. The molecule has 7 nitrogen and oxygen atoms in total. The van der Waals surface area contributed by atoms with Gasteiger partial charge in [0.25, 0.3) is 0 Å². The lowest BCUT2D eigenvalue weighted by atomic mass is 9.43. The van der Waals surface area contributed by atoms with Gasteiger partial charge in [0.2, 0.25) is 0 Å². The van der Waals surface area contributed by atoms with Gasteiger partial charge in [-0.15, -0.1) is 0 Å². The van der Waals surface area contributed by atoms with E-state index in [2.05, 4.69) is 26.1 Å². The summed E-state index contributed by atoms with van der Waals surface area (Å²) in [6.07, 6.45) is 10.3. The summed E-state index contributed by atoms with van der Waals surface area (Å²) in [5, 5.41) is 15.7. The quantitative estimate of drug-likeness (QED) is 0.466. The molecule has 0 bridgehead atoms. The molecule has 4 saturated carbocycles. The number of nitrogens with zero attached hydrogens (tertiary/aromatic N) is 1. The number of likely N-dealkylation sites (N-methyl/N-ethyl adjacent to an activating group) is 2. The Bertz CT molecular complexity index is 1040. The third-order valence-electron chi connectivity index (χ3n) is 11.6. The van der Waals surface area contributed by atoms with E-state index in [9.17, 15) is 14.7 Å². The topological polar surface area (TPSA) is 92.0 Å². The first kappa shape index (κ1) is 27.7. The van der Waals surface area contributed by atoms with Gasteiger partial charge in [-0.25, -0.2) is 9.59 Å². The number of nitrogens with one attached hydrogen (secondary N) is 1. The van der Waals surface area contributed by atoms with Gasteiger partial charge in [-0.2, -0.15) is 0 Å². The van der Waals surface area contributed by atoms with E-state index in [-0.39, 0.29) is 34.6 Å². The molecule has 2 N–H and O–H groups in total. The summed E-state index contributed by atoms with van der Waals surface area (Å²) in [5.41, 5.74) is 0.00733. The summed E-state index contributed by atoms with van der Waals surface area (Å²) in [5.74, 6) is 1.54. The van der Waals surface area contributed by atoms with Crippen molar-refractivity contribution < 1.29 is 19.1 Å². The van der Waals surface area contributed by atoms with Crippen LogP contribution in [0.1, 0.15) is 97.0 Å². The van der Waals surface area contributed by atoms with Gasteiger partial charge in [-0.3, -0.25) is 0 Å². The number of aliphatic hydroxyl groups is 1. The maximum atomic E-state index is 12.9. The van der Waals surface area contributed by atoms with Crippen LogP contribution in [0.5, 0.6) is 0 Å². The van der Waals surface area contributed by atoms with E-state index in [1.54, 1.807) is 11.2 Å². The molecule has 5 rings (SSSR count). The molecule has 1 amide bonds. The fraction of sp³-hybridized carbons (Fsp3) is 0.806. The largest absolute Gasteiger partial charge is 0.446 e. The highest BCUT2D eigenvalue weighted by atomic mass is 16.6. The Morgan fingerprint density at radius 2 is 1.92 bits per heavy atom. The van der Waals surface area contributed by atoms with E-state index in [1.807, 2.05) is 13.0 Å². The molecule has 38 heavy (non-hydrogen) atoms. The van der Waals surface area contributed by atoms with Crippen LogP contribution in [0.15, 0.2) is 27.6 Å². The number of ether oxygens (including phenoxy) is 1. The van der Waals surface area contributed by atoms with Crippen LogP contribution in [0.2, 0.25) is 0 Å². The van der Waals surface area contributed by atoms with Crippen molar-refractivity contribution in [3.63, 3.8) is 0 Å². The van der Waals surface area contributed by atoms with Gasteiger partial charge in [0.05, 0.1) is 11.9 Å². The SMILES string of the molecule is CCNCCN(CC)C(=O)O[C@H]1CC[C@@]2(C)[C@H](CC[C@@H]3[C@@H]2CC[C@]2(C)[C@@H](c4ccc(=O)oc4)CC[C@]32O)C1. The highest BCUT2D eigenvalue weighted by Gasteiger charge is 2.67. The van der Waals surface area contributed by atoms with E-state index in [4.69, 9.17) is 9.15 Å². The third-order valence-corrected chi connectivity index (χ3v) is 11.6. The second-order valence-corrected chi connectivity index (χ2v) is 13.1. The first-order chi connectivity index (χ1) is 18.2. The van der Waals surface area contributed by atoms with Crippen LogP contribution in [-0.4, -0.2) is 54.0 Å². The molecule has 4 aliphatic carbocycles. The minimum atomic E-state index is -0.692. The average Bonchev–Trinajstić information content (AvgIpc) is 3.18. The first-order valence-corrected chi connectivity index (χ1v) is 15.1. The van der Waals surface area contributed by atoms with Gasteiger partial charge in [0.1, 0.15) is 6.10 Å². The van der Waals surface area contributed by atoms with Crippen LogP contribution in [0, 0.1) is 28.6 Å². The van der Waals surface area contributed by atoms with Gasteiger partial charge in [-0.1, -0.05) is 20.8 Å². The normalized spacial score (nSPS) is 40.1. The number of carbonyl (C=O) groups excluding carboxylic acids is 1. The summed E-state index contributed by atoms with van der Waals surface area (Å²) in [6.45, 7) is 11.9. The molecule has 4 fully saturated rings. The van der Waals surface area contributed by atoms with Crippen LogP contribution in [-0.2, 0) is 4.74 Å². The van der Waals surface area contributed by atoms with Crippen molar-refractivity contribution in [3.05, 3.63) is 34.4 Å². The Kier molecular flexibility index (Phi) is 7.73. The van der Waals surface area contributed by atoms with Gasteiger partial charge >= 0.3 is 11.7 Å². The summed E-state index contributed by atoms with van der Waals surface area (Å²) in [7, 11) is 0. The van der Waals surface area contributed by atoms with Crippen molar-refractivity contribution in [1.82, 2.24) is 10.2 Å². The number of rotatable bonds is 7. The number of carbonyl (C=O) groups is 1. The van der Waals surface area contributed by atoms with Crippen molar-refractivity contribution in [2.45, 2.75) is 103 Å². The monoisotopic (exact) mass is 528 g/mol. The minimum absolute atomic E-state index is 0.00847. The highest BCUT2D eigenvalue weighted by molar-refractivity contribution is 5.67. The van der Waals surface area contributed by atoms with Crippen molar-refractivity contribution in [1.29, 1.82) is 0 Å². The third kappa shape index (κ3) is 4.51. The van der Waals surface area contributed by atoms with Crippen LogP contribution in [0.25, 0.3) is 0 Å². The van der Waals surface area contributed by atoms with Crippen molar-refractivity contribution >= 4 is 6.09 Å². The predicted molar refractivity (Wildman–Crippen MR) is 147 cm³/mol. The van der Waals surface area contributed by atoms with Crippen molar-refractivity contribution in [2.75, 3.05) is 26.2 Å². The van der Waals surface area contributed by atoms with Gasteiger partial charge in [0.15, 0.2) is 0 Å². The van der Waals surface area contributed by atoms with Crippen molar-refractivity contribution in [3.8, 4) is 0 Å². The molecule has 1 heterocycles. The van der Waals surface area contributed by atoms with E-state index >= 15 is 0 Å². The predicted octanol–water partition coefficient (Wildman–Crippen LogP) is 5.32. The standard InChI is InChI=1S/C31H48N2O5/c1-5-32-17-18-33(6-2)28(35)38-23-11-14-29(3)22(19-23)8-9-26-25(29)12-15-30(4)24(13-16-31(26,30)36)21-7-10-27(34)37-20-21/h7,10,20,22-26,32,36H,5-6,8-9,11-19H2,1-4H3/t22-,23+,24-,25+,26-,29+,30-,31+/m1/s1. The molecule has 8 atom stereocenters. The molecule has 0 unspecified atom stereocenters. The molecular formula is C31H48N2O5. The molecule has 1 aromatic heterocycles. The zero-order valence-corrected chi connectivity index (χ0v) is 23.8. The number of hydrogen-bond acceptors (Lipinski definition) is 6. The maximum Gasteiger partial charge on any atom is 0.410 e. The van der Waals surface area contributed by atoms with E-state index in [0.29, 0.717) is 30.8 Å². The number of hydrogen-bond donors (Lipinski definition) is 2. The summed E-state index contributed by atoms with van der Waals surface area (Å²) in [4.78, 5) is 26.3. The first-order valence-electron chi connectivity index (χ1n) is 15.1. The fourth-order valence-corrected chi connectivity index (χ4v) is 9.38. The van der Waals surface area contributed by atoms with Crippen LogP contribution in [0.4, 0.5) is 4.79 Å². The van der Waals surface area contributed by atoms with Crippen molar-refractivity contribution in [2.24, 2.45) is 28.6 Å². The Hall–Kier alpha value is -1.86. The number of fused-ring (bicyclic) bond motifs is 5. The maximum absolute atomic E-state index is 12.9. The Balaban J connectivity index is 1.27. The van der Waals surface area contributed by atoms with Gasteiger partial charge < -0.3 is 24.5 Å². The van der Waals surface area contributed by atoms with Gasteiger partial charge in [0, 0.05) is 31.1 Å². The Morgan fingerprint density at radius 1 is 1.11 bits per heavy atom. The number of amides is 1. The zero-order valence-electron chi connectivity index (χ0n) is 23.8. The van der Waals surface area contributed by atoms with Crippen LogP contribution in [0.3, 0.4) is 0 Å². The van der Waals surface area contributed by atoms with E-state index < -0.39 is 5.60 Å². The lowest BCUT2D eigenvalue weighted by Crippen LogP contribution is -2.62. The zero-order chi connectivity index (χ0) is 27.1. The van der Waals surface area contributed by atoms with Gasteiger partial charge in [-0.05, 0) is 112 Å². The Morgan fingerprint density at radius 3 is 2.63 bits per heavy atom. The fourth-order valence-electron chi connectivity index (χ4n) is 9.38. The summed E-state index contributed by atoms with van der Waals surface area (Å²) < 4.78 is 11.3. The smallest absolute Gasteiger partial charge is 0.410 e. The van der Waals surface area contributed by atoms with Crippen LogP contribution < -0.4 is 10.9 Å². The second-order valence-electron chi connectivity index (χ2n) is 13.1. The molecule has 1 aromatic rings. The summed E-state index contributed by atoms with van der Waals surface area (Å²) >= 11 is 0. The molecule has 212 valence electrons. The van der Waals surface area contributed by atoms with E-state index in [0.717, 1.165) is 76.4 Å². The minimum Gasteiger partial charge on any atom is -0.446 e. The summed E-state index contributed by atoms with van der Waals surface area (Å²) in [6, 6.07) is 3.42. The molecule has 0 spiro atoms.